The van der Waals surface area contributed by atoms with E-state index >= 15 is 0 Å². The minimum atomic E-state index is -0.642. The quantitative estimate of drug-likeness (QED) is 0.740. The predicted octanol–water partition coefficient (Wildman–Crippen LogP) is 0.941. The van der Waals surface area contributed by atoms with Gasteiger partial charge in [0.15, 0.2) is 0 Å². The number of ether oxygens (including phenoxy) is 1. The first kappa shape index (κ1) is 14.2. The van der Waals surface area contributed by atoms with E-state index in [0.717, 1.165) is 0 Å². The zero-order valence-electron chi connectivity index (χ0n) is 10.7. The molecule has 0 aliphatic rings. The fraction of sp³-hybridized carbons (Fsp3) is 0.545. The highest BCUT2D eigenvalue weighted by Gasteiger charge is 2.17. The van der Waals surface area contributed by atoms with E-state index < -0.39 is 11.7 Å². The van der Waals surface area contributed by atoms with Crippen molar-refractivity contribution in [1.82, 2.24) is 9.97 Å². The van der Waals surface area contributed by atoms with Gasteiger partial charge < -0.3 is 15.6 Å². The summed E-state index contributed by atoms with van der Waals surface area (Å²) in [5, 5.41) is 11.2. The summed E-state index contributed by atoms with van der Waals surface area (Å²) >= 11 is 0. The standard InChI is InChI=1S/C11H18N4O3/c1-11(2,3)18-10(17)15-9-13-6-7(4-5-16)8(12)14-9/h6,16H,4-5H2,1-3H3,(H3,12,13,14,15,17). The SMILES string of the molecule is CC(C)(C)OC(=O)Nc1ncc(CCO)c(N)n1. The number of carbonyl (C=O) groups excluding carboxylic acids is 1. The number of nitrogens with one attached hydrogen (secondary N) is 1. The highest BCUT2D eigenvalue weighted by molar-refractivity contribution is 5.82. The molecule has 0 saturated carbocycles. The summed E-state index contributed by atoms with van der Waals surface area (Å²) in [7, 11) is 0. The van der Waals surface area contributed by atoms with Crippen molar-refractivity contribution in [2.75, 3.05) is 17.7 Å². The summed E-state index contributed by atoms with van der Waals surface area (Å²) in [5.74, 6) is 0.300. The Labute approximate surface area is 105 Å². The fourth-order valence-electron chi connectivity index (χ4n) is 1.19. The number of aliphatic hydroxyl groups is 1. The molecule has 0 radical (unpaired) electrons. The molecular formula is C11H18N4O3. The largest absolute Gasteiger partial charge is 0.444 e. The van der Waals surface area contributed by atoms with Crippen molar-refractivity contribution in [1.29, 1.82) is 0 Å². The van der Waals surface area contributed by atoms with Crippen LogP contribution in [0.25, 0.3) is 0 Å². The zero-order chi connectivity index (χ0) is 13.8. The van der Waals surface area contributed by atoms with Crippen molar-refractivity contribution < 1.29 is 14.6 Å². The van der Waals surface area contributed by atoms with Gasteiger partial charge in [-0.1, -0.05) is 0 Å². The van der Waals surface area contributed by atoms with Crippen molar-refractivity contribution in [3.8, 4) is 0 Å². The van der Waals surface area contributed by atoms with Crippen molar-refractivity contribution in [2.24, 2.45) is 0 Å². The number of rotatable bonds is 3. The van der Waals surface area contributed by atoms with Gasteiger partial charge in [0.25, 0.3) is 0 Å². The molecule has 18 heavy (non-hydrogen) atoms. The third kappa shape index (κ3) is 4.54. The molecule has 0 unspecified atom stereocenters. The maximum absolute atomic E-state index is 11.5. The van der Waals surface area contributed by atoms with Gasteiger partial charge in [-0.2, -0.15) is 4.98 Å². The molecule has 1 rings (SSSR count). The smallest absolute Gasteiger partial charge is 0.414 e. The number of hydrogen-bond donors (Lipinski definition) is 3. The molecule has 0 spiro atoms. The molecule has 0 aliphatic carbocycles. The van der Waals surface area contributed by atoms with Gasteiger partial charge in [0.05, 0.1) is 0 Å². The minimum Gasteiger partial charge on any atom is -0.444 e. The summed E-state index contributed by atoms with van der Waals surface area (Å²) < 4.78 is 5.05. The number of aromatic nitrogens is 2. The highest BCUT2D eigenvalue weighted by atomic mass is 16.6. The van der Waals surface area contributed by atoms with Crippen molar-refractivity contribution in [2.45, 2.75) is 32.8 Å². The Morgan fingerprint density at radius 2 is 2.22 bits per heavy atom. The lowest BCUT2D eigenvalue weighted by atomic mass is 10.2. The Balaban J connectivity index is 2.69. The van der Waals surface area contributed by atoms with Crippen LogP contribution in [0.4, 0.5) is 16.6 Å². The van der Waals surface area contributed by atoms with E-state index in [1.165, 1.54) is 6.20 Å². The topological polar surface area (TPSA) is 110 Å². The van der Waals surface area contributed by atoms with Crippen LogP contribution in [0.2, 0.25) is 0 Å². The van der Waals surface area contributed by atoms with Crippen LogP contribution in [-0.4, -0.2) is 33.4 Å². The maximum Gasteiger partial charge on any atom is 0.414 e. The molecule has 1 amide bonds. The van der Waals surface area contributed by atoms with E-state index in [-0.39, 0.29) is 18.4 Å². The monoisotopic (exact) mass is 254 g/mol. The summed E-state index contributed by atoms with van der Waals surface area (Å²) in [5.41, 5.74) is 5.70. The van der Waals surface area contributed by atoms with E-state index in [1.807, 2.05) is 0 Å². The minimum absolute atomic E-state index is 0.0353. The van der Waals surface area contributed by atoms with Crippen molar-refractivity contribution >= 4 is 17.9 Å². The average molecular weight is 254 g/mol. The van der Waals surface area contributed by atoms with Crippen molar-refractivity contribution in [3.05, 3.63) is 11.8 Å². The Bertz CT molecular complexity index is 429. The van der Waals surface area contributed by atoms with Gasteiger partial charge in [-0.3, -0.25) is 5.32 Å². The molecule has 0 bridgehead atoms. The maximum atomic E-state index is 11.5. The van der Waals surface area contributed by atoms with Gasteiger partial charge in [0.1, 0.15) is 11.4 Å². The van der Waals surface area contributed by atoms with Crippen molar-refractivity contribution in [3.63, 3.8) is 0 Å². The van der Waals surface area contributed by atoms with Gasteiger partial charge in [-0.25, -0.2) is 9.78 Å². The second-order valence-corrected chi connectivity index (χ2v) is 4.70. The molecule has 4 N–H and O–H groups in total. The molecule has 1 aromatic heterocycles. The number of amides is 1. The third-order valence-electron chi connectivity index (χ3n) is 1.89. The first-order chi connectivity index (χ1) is 8.31. The van der Waals surface area contributed by atoms with Crippen LogP contribution >= 0.6 is 0 Å². The lowest BCUT2D eigenvalue weighted by molar-refractivity contribution is 0.0634. The predicted molar refractivity (Wildman–Crippen MR) is 67.1 cm³/mol. The van der Waals surface area contributed by atoms with Crippen LogP contribution in [0.15, 0.2) is 6.20 Å². The summed E-state index contributed by atoms with van der Waals surface area (Å²) in [4.78, 5) is 19.3. The van der Waals surface area contributed by atoms with Crippen LogP contribution in [-0.2, 0) is 11.2 Å². The molecule has 7 heteroatoms. The number of anilines is 2. The van der Waals surface area contributed by atoms with E-state index in [0.29, 0.717) is 12.0 Å². The summed E-state index contributed by atoms with van der Waals surface area (Å²) in [6.07, 6.45) is 1.20. The highest BCUT2D eigenvalue weighted by Crippen LogP contribution is 2.12. The van der Waals surface area contributed by atoms with Crippen LogP contribution in [0.5, 0.6) is 0 Å². The molecular weight excluding hydrogens is 236 g/mol. The summed E-state index contributed by atoms with van der Waals surface area (Å²) in [6.45, 7) is 5.23. The number of nitrogen functional groups attached to an aromatic ring is 1. The second-order valence-electron chi connectivity index (χ2n) is 4.70. The molecule has 0 saturated heterocycles. The molecule has 7 nitrogen and oxygen atoms in total. The third-order valence-corrected chi connectivity index (χ3v) is 1.89. The molecule has 100 valence electrons. The molecule has 1 aromatic rings. The Hall–Kier alpha value is -1.89. The number of carbonyl (C=O) groups is 1. The van der Waals surface area contributed by atoms with Gasteiger partial charge in [0, 0.05) is 24.8 Å². The Kier molecular flexibility index (Phi) is 4.43. The zero-order valence-corrected chi connectivity index (χ0v) is 10.7. The molecule has 0 aliphatic heterocycles. The van der Waals surface area contributed by atoms with Gasteiger partial charge in [0.2, 0.25) is 5.95 Å². The molecule has 0 atom stereocenters. The first-order valence-electron chi connectivity index (χ1n) is 5.54. The Morgan fingerprint density at radius 1 is 1.56 bits per heavy atom. The summed E-state index contributed by atoms with van der Waals surface area (Å²) in [6, 6.07) is 0. The van der Waals surface area contributed by atoms with Gasteiger partial charge in [-0.15, -0.1) is 0 Å². The number of aliphatic hydroxyl groups excluding tert-OH is 1. The van der Waals surface area contributed by atoms with Gasteiger partial charge in [-0.05, 0) is 20.8 Å². The number of nitrogens with zero attached hydrogens (tertiary/aromatic N) is 2. The number of hydrogen-bond acceptors (Lipinski definition) is 6. The van der Waals surface area contributed by atoms with Crippen LogP contribution < -0.4 is 11.1 Å². The van der Waals surface area contributed by atoms with E-state index in [9.17, 15) is 4.79 Å². The van der Waals surface area contributed by atoms with E-state index in [4.69, 9.17) is 15.6 Å². The van der Waals surface area contributed by atoms with E-state index in [1.54, 1.807) is 20.8 Å². The van der Waals surface area contributed by atoms with Crippen LogP contribution in [0.1, 0.15) is 26.3 Å². The second kappa shape index (κ2) is 5.63. The lowest BCUT2D eigenvalue weighted by Gasteiger charge is -2.19. The molecule has 0 fully saturated rings. The first-order valence-corrected chi connectivity index (χ1v) is 5.54. The van der Waals surface area contributed by atoms with Crippen LogP contribution in [0, 0.1) is 0 Å². The fourth-order valence-corrected chi connectivity index (χ4v) is 1.19. The van der Waals surface area contributed by atoms with Crippen LogP contribution in [0.3, 0.4) is 0 Å². The lowest BCUT2D eigenvalue weighted by Crippen LogP contribution is -2.28. The normalized spacial score (nSPS) is 11.1. The number of nitrogens with two attached hydrogens (primary N) is 1. The Morgan fingerprint density at radius 3 is 2.72 bits per heavy atom. The molecule has 0 aromatic carbocycles. The molecule has 1 heterocycles. The van der Waals surface area contributed by atoms with Gasteiger partial charge >= 0.3 is 6.09 Å². The average Bonchev–Trinajstić information content (AvgIpc) is 2.19. The van der Waals surface area contributed by atoms with E-state index in [2.05, 4.69) is 15.3 Å².